The van der Waals surface area contributed by atoms with Gasteiger partial charge in [-0.3, -0.25) is 9.59 Å². The molecule has 1 aliphatic rings. The molecule has 0 saturated heterocycles. The van der Waals surface area contributed by atoms with Gasteiger partial charge in [0.2, 0.25) is 11.8 Å². The molecule has 0 spiro atoms. The molecule has 4 rings (SSSR count). The molecule has 3 aromatic carbocycles. The highest BCUT2D eigenvalue weighted by Gasteiger charge is 2.36. The topological polar surface area (TPSA) is 61.4 Å². The van der Waals surface area contributed by atoms with Gasteiger partial charge in [0.25, 0.3) is 0 Å². The predicted molar refractivity (Wildman–Crippen MR) is 137 cm³/mol. The number of hydrogen-bond donors (Lipinski definition) is 2. The minimum atomic E-state index is -0.619. The minimum Gasteiger partial charge on any atom is -0.343 e. The Morgan fingerprint density at radius 3 is 2.55 bits per heavy atom. The van der Waals surface area contributed by atoms with Crippen molar-refractivity contribution in [3.8, 4) is 0 Å². The van der Waals surface area contributed by atoms with Crippen LogP contribution in [0.5, 0.6) is 0 Å². The number of nitrogens with zero attached hydrogens (tertiary/aromatic N) is 1. The normalized spacial score (nSPS) is 17.5. The van der Waals surface area contributed by atoms with Crippen LogP contribution < -0.4 is 15.5 Å². The maximum absolute atomic E-state index is 13.9. The molecule has 0 aliphatic carbocycles. The average Bonchev–Trinajstić information content (AvgIpc) is 2.96. The van der Waals surface area contributed by atoms with Gasteiger partial charge >= 0.3 is 0 Å². The summed E-state index contributed by atoms with van der Waals surface area (Å²) in [4.78, 5) is 28.3. The molecule has 7 heteroatoms. The van der Waals surface area contributed by atoms with Crippen molar-refractivity contribution in [3.05, 3.63) is 77.9 Å². The van der Waals surface area contributed by atoms with Crippen molar-refractivity contribution < 1.29 is 9.59 Å². The van der Waals surface area contributed by atoms with Crippen molar-refractivity contribution in [2.45, 2.75) is 37.9 Å². The van der Waals surface area contributed by atoms with E-state index in [9.17, 15) is 9.59 Å². The quantitative estimate of drug-likeness (QED) is 0.501. The Bertz CT molecular complexity index is 1130. The standard InChI is InChI=1S/C26H28ClN3O2.ClH/c1-17(28-2)25(31)29-22-15-14-19-9-4-6-13-23(19)30(26(22)32)24(16-27)21-12-7-10-18-8-3-5-11-20(18)21;/h3-13,17,22,24,28H,14-16H2,1-2H3,(H,29,31);1H. The fourth-order valence-corrected chi connectivity index (χ4v) is 4.69. The first-order valence-corrected chi connectivity index (χ1v) is 11.5. The largest absolute Gasteiger partial charge is 0.343 e. The van der Waals surface area contributed by atoms with E-state index in [2.05, 4.69) is 28.8 Å². The van der Waals surface area contributed by atoms with Crippen molar-refractivity contribution >= 4 is 52.3 Å². The Labute approximate surface area is 205 Å². The summed E-state index contributed by atoms with van der Waals surface area (Å²) < 4.78 is 0. The Hall–Kier alpha value is -2.60. The molecule has 5 nitrogen and oxygen atoms in total. The number of hydrogen-bond acceptors (Lipinski definition) is 3. The molecular weight excluding hydrogens is 457 g/mol. The van der Waals surface area contributed by atoms with E-state index in [4.69, 9.17) is 11.6 Å². The molecule has 174 valence electrons. The number of rotatable bonds is 6. The molecule has 3 atom stereocenters. The van der Waals surface area contributed by atoms with Gasteiger partial charge in [-0.1, -0.05) is 60.7 Å². The lowest BCUT2D eigenvalue weighted by molar-refractivity contribution is -0.128. The second-order valence-electron chi connectivity index (χ2n) is 8.19. The summed E-state index contributed by atoms with van der Waals surface area (Å²) in [5.41, 5.74) is 2.93. The number of anilines is 1. The Kier molecular flexibility index (Phi) is 8.35. The number of para-hydroxylation sites is 1. The van der Waals surface area contributed by atoms with Crippen LogP contribution in [0.3, 0.4) is 0 Å². The monoisotopic (exact) mass is 485 g/mol. The maximum atomic E-state index is 13.9. The minimum absolute atomic E-state index is 0. The van der Waals surface area contributed by atoms with Crippen molar-refractivity contribution in [3.63, 3.8) is 0 Å². The van der Waals surface area contributed by atoms with Gasteiger partial charge in [-0.2, -0.15) is 0 Å². The van der Waals surface area contributed by atoms with Crippen LogP contribution in [-0.4, -0.2) is 36.8 Å². The number of alkyl halides is 1. The van der Waals surface area contributed by atoms with Crippen molar-refractivity contribution in [1.82, 2.24) is 10.6 Å². The van der Waals surface area contributed by atoms with E-state index in [0.717, 1.165) is 27.6 Å². The lowest BCUT2D eigenvalue weighted by Crippen LogP contribution is -2.53. The molecule has 3 unspecified atom stereocenters. The van der Waals surface area contributed by atoms with E-state index < -0.39 is 6.04 Å². The van der Waals surface area contributed by atoms with Gasteiger partial charge in [-0.25, -0.2) is 0 Å². The van der Waals surface area contributed by atoms with E-state index in [-0.39, 0.29) is 42.2 Å². The van der Waals surface area contributed by atoms with Gasteiger partial charge in [0.1, 0.15) is 6.04 Å². The molecule has 1 aliphatic heterocycles. The Morgan fingerprint density at radius 1 is 1.09 bits per heavy atom. The molecule has 0 radical (unpaired) electrons. The number of carbonyl (C=O) groups excluding carboxylic acids is 2. The van der Waals surface area contributed by atoms with Crippen LogP contribution in [0, 0.1) is 0 Å². The lowest BCUT2D eigenvalue weighted by Gasteiger charge is -2.34. The third-order valence-corrected chi connectivity index (χ3v) is 6.56. The van der Waals surface area contributed by atoms with Gasteiger partial charge in [0.15, 0.2) is 0 Å². The summed E-state index contributed by atoms with van der Waals surface area (Å²) in [5, 5.41) is 8.06. The van der Waals surface area contributed by atoms with E-state index in [1.54, 1.807) is 18.9 Å². The predicted octanol–water partition coefficient (Wildman–Crippen LogP) is 4.61. The first-order valence-electron chi connectivity index (χ1n) is 11.0. The second kappa shape index (κ2) is 11.0. The van der Waals surface area contributed by atoms with Crippen LogP contribution >= 0.6 is 24.0 Å². The number of amides is 2. The molecule has 0 fully saturated rings. The molecule has 0 aromatic heterocycles. The number of aryl methyl sites for hydroxylation is 1. The van der Waals surface area contributed by atoms with Gasteiger partial charge in [0, 0.05) is 11.6 Å². The van der Waals surface area contributed by atoms with Gasteiger partial charge in [-0.05, 0) is 54.8 Å². The fraction of sp³-hybridized carbons (Fsp3) is 0.308. The summed E-state index contributed by atoms with van der Waals surface area (Å²) in [6, 6.07) is 20.8. The Morgan fingerprint density at radius 2 is 1.79 bits per heavy atom. The summed E-state index contributed by atoms with van der Waals surface area (Å²) in [6.45, 7) is 1.78. The zero-order chi connectivity index (χ0) is 22.7. The molecule has 2 N–H and O–H groups in total. The molecule has 1 heterocycles. The smallest absolute Gasteiger partial charge is 0.250 e. The number of nitrogens with one attached hydrogen (secondary N) is 2. The van der Waals surface area contributed by atoms with Gasteiger partial charge in [0.05, 0.1) is 12.1 Å². The van der Waals surface area contributed by atoms with Crippen LogP contribution in [0.25, 0.3) is 10.8 Å². The van der Waals surface area contributed by atoms with E-state index in [1.165, 1.54) is 0 Å². The van der Waals surface area contributed by atoms with Crippen LogP contribution in [0.1, 0.15) is 30.5 Å². The van der Waals surface area contributed by atoms with E-state index in [1.807, 2.05) is 48.5 Å². The highest BCUT2D eigenvalue weighted by molar-refractivity contribution is 6.19. The van der Waals surface area contributed by atoms with Crippen LogP contribution in [0.15, 0.2) is 66.7 Å². The molecule has 3 aromatic rings. The SMILES string of the molecule is CNC(C)C(=O)NC1CCc2ccccc2N(C(CCl)c2cccc3ccccc23)C1=O.Cl. The number of benzene rings is 3. The maximum Gasteiger partial charge on any atom is 0.250 e. The van der Waals surface area contributed by atoms with Gasteiger partial charge in [-0.15, -0.1) is 24.0 Å². The van der Waals surface area contributed by atoms with Crippen LogP contribution in [0.2, 0.25) is 0 Å². The molecular formula is C26H29Cl2N3O2. The van der Waals surface area contributed by atoms with E-state index in [0.29, 0.717) is 12.8 Å². The summed E-state index contributed by atoms with van der Waals surface area (Å²) in [7, 11) is 1.73. The van der Waals surface area contributed by atoms with Crippen molar-refractivity contribution in [2.75, 3.05) is 17.8 Å². The summed E-state index contributed by atoms with van der Waals surface area (Å²) >= 11 is 6.56. The highest BCUT2D eigenvalue weighted by atomic mass is 35.5. The zero-order valence-corrected chi connectivity index (χ0v) is 20.3. The average molecular weight is 486 g/mol. The fourth-order valence-electron chi connectivity index (χ4n) is 4.38. The Balaban J connectivity index is 0.00000306. The summed E-state index contributed by atoms with van der Waals surface area (Å²) in [6.07, 6.45) is 1.24. The molecule has 2 amide bonds. The van der Waals surface area contributed by atoms with Crippen LogP contribution in [0.4, 0.5) is 5.69 Å². The molecule has 0 saturated carbocycles. The van der Waals surface area contributed by atoms with E-state index >= 15 is 0 Å². The number of halogens is 2. The van der Waals surface area contributed by atoms with Gasteiger partial charge < -0.3 is 15.5 Å². The third kappa shape index (κ3) is 5.01. The van der Waals surface area contributed by atoms with Crippen LogP contribution in [-0.2, 0) is 16.0 Å². The molecule has 33 heavy (non-hydrogen) atoms. The first-order chi connectivity index (χ1) is 15.5. The first kappa shape index (κ1) is 25.0. The third-order valence-electron chi connectivity index (χ3n) is 6.27. The molecule has 0 bridgehead atoms. The summed E-state index contributed by atoms with van der Waals surface area (Å²) in [5.74, 6) is -0.0867. The number of fused-ring (bicyclic) bond motifs is 2. The number of carbonyl (C=O) groups is 2. The number of likely N-dealkylation sites (N-methyl/N-ethyl adjacent to an activating group) is 1. The zero-order valence-electron chi connectivity index (χ0n) is 18.8. The second-order valence-corrected chi connectivity index (χ2v) is 8.49. The van der Waals surface area contributed by atoms with Crippen molar-refractivity contribution in [2.24, 2.45) is 0 Å². The highest BCUT2D eigenvalue weighted by Crippen LogP contribution is 2.37. The van der Waals surface area contributed by atoms with Crippen molar-refractivity contribution in [1.29, 1.82) is 0 Å². The lowest BCUT2D eigenvalue weighted by atomic mass is 9.97.